The minimum Gasteiger partial charge on any atom is -0.494 e. The van der Waals surface area contributed by atoms with Gasteiger partial charge in [0.1, 0.15) is 11.5 Å². The van der Waals surface area contributed by atoms with Crippen LogP contribution in [0.15, 0.2) is 42.5 Å². The number of nitrogen functional groups attached to an aromatic ring is 1. The number of nitrogens with two attached hydrogens (primary N) is 1. The summed E-state index contributed by atoms with van der Waals surface area (Å²) in [6.45, 7) is 7.03. The Morgan fingerprint density at radius 2 is 1.76 bits per heavy atom. The maximum absolute atomic E-state index is 12.0. The van der Waals surface area contributed by atoms with Crippen LogP contribution < -0.4 is 15.2 Å². The molecule has 0 aliphatic heterocycles. The highest BCUT2D eigenvalue weighted by molar-refractivity contribution is 5.98. The van der Waals surface area contributed by atoms with Crippen molar-refractivity contribution >= 4 is 11.5 Å². The Bertz CT molecular complexity index is 710. The first-order chi connectivity index (χ1) is 12.0. The Labute approximate surface area is 150 Å². The van der Waals surface area contributed by atoms with Gasteiger partial charge in [0.2, 0.25) is 0 Å². The highest BCUT2D eigenvalue weighted by Crippen LogP contribution is 2.24. The van der Waals surface area contributed by atoms with Crippen LogP contribution in [0, 0.1) is 12.8 Å². The van der Waals surface area contributed by atoms with Gasteiger partial charge in [0.15, 0.2) is 5.78 Å². The highest BCUT2D eigenvalue weighted by Gasteiger charge is 2.12. The number of hydrogen-bond acceptors (Lipinski definition) is 4. The third-order valence-electron chi connectivity index (χ3n) is 3.87. The Balaban J connectivity index is 1.72. The number of unbranched alkanes of at least 4 members (excludes halogenated alkanes) is 1. The highest BCUT2D eigenvalue weighted by atomic mass is 16.5. The molecule has 4 heteroatoms. The molecule has 2 N–H and O–H groups in total. The van der Waals surface area contributed by atoms with Crippen molar-refractivity contribution in [2.24, 2.45) is 5.92 Å². The van der Waals surface area contributed by atoms with Gasteiger partial charge in [-0.15, -0.1) is 0 Å². The first kappa shape index (κ1) is 18.8. The van der Waals surface area contributed by atoms with Crippen molar-refractivity contribution in [3.05, 3.63) is 53.6 Å². The van der Waals surface area contributed by atoms with Crippen molar-refractivity contribution in [1.29, 1.82) is 0 Å². The molecule has 0 unspecified atom stereocenters. The lowest BCUT2D eigenvalue weighted by atomic mass is 10.0. The number of anilines is 1. The van der Waals surface area contributed by atoms with Crippen LogP contribution in [-0.2, 0) is 0 Å². The van der Waals surface area contributed by atoms with Gasteiger partial charge in [-0.25, -0.2) is 0 Å². The molecular formula is C21H27NO3. The quantitative estimate of drug-likeness (QED) is 0.409. The van der Waals surface area contributed by atoms with Crippen molar-refractivity contribution in [3.8, 4) is 11.5 Å². The van der Waals surface area contributed by atoms with Crippen LogP contribution in [0.3, 0.4) is 0 Å². The van der Waals surface area contributed by atoms with E-state index in [1.54, 1.807) is 18.2 Å². The number of hydrogen-bond donors (Lipinski definition) is 1. The molecule has 25 heavy (non-hydrogen) atoms. The van der Waals surface area contributed by atoms with E-state index >= 15 is 0 Å². The molecule has 2 rings (SSSR count). The summed E-state index contributed by atoms with van der Waals surface area (Å²) in [6.07, 6.45) is 1.77. The van der Waals surface area contributed by atoms with Crippen molar-refractivity contribution in [1.82, 2.24) is 0 Å². The van der Waals surface area contributed by atoms with Gasteiger partial charge in [0.05, 0.1) is 18.9 Å². The second kappa shape index (κ2) is 9.11. The second-order valence-electron chi connectivity index (χ2n) is 6.49. The average molecular weight is 341 g/mol. The van der Waals surface area contributed by atoms with Crippen LogP contribution in [0.25, 0.3) is 0 Å². The summed E-state index contributed by atoms with van der Waals surface area (Å²) in [6, 6.07) is 13.3. The lowest BCUT2D eigenvalue weighted by Gasteiger charge is -2.11. The van der Waals surface area contributed by atoms with Crippen LogP contribution in [0.5, 0.6) is 11.5 Å². The average Bonchev–Trinajstić information content (AvgIpc) is 2.58. The van der Waals surface area contributed by atoms with Gasteiger partial charge >= 0.3 is 0 Å². The predicted octanol–water partition coefficient (Wildman–Crippen LogP) is 4.65. The molecule has 0 fully saturated rings. The van der Waals surface area contributed by atoms with Gasteiger partial charge in [0, 0.05) is 11.5 Å². The van der Waals surface area contributed by atoms with E-state index in [0.717, 1.165) is 18.6 Å². The molecule has 0 aliphatic rings. The molecule has 0 amide bonds. The topological polar surface area (TPSA) is 61.5 Å². The number of benzene rings is 2. The Kier molecular flexibility index (Phi) is 6.87. The zero-order valence-electron chi connectivity index (χ0n) is 15.2. The molecule has 0 heterocycles. The van der Waals surface area contributed by atoms with E-state index in [1.165, 1.54) is 5.56 Å². The van der Waals surface area contributed by atoms with Crippen LogP contribution in [0.4, 0.5) is 5.69 Å². The van der Waals surface area contributed by atoms with Crippen molar-refractivity contribution in [2.75, 3.05) is 18.9 Å². The third-order valence-corrected chi connectivity index (χ3v) is 3.87. The molecular weight excluding hydrogens is 314 g/mol. The van der Waals surface area contributed by atoms with E-state index in [9.17, 15) is 4.79 Å². The summed E-state index contributed by atoms with van der Waals surface area (Å²) in [7, 11) is 0. The molecule has 0 aromatic heterocycles. The molecule has 4 nitrogen and oxygen atoms in total. The third kappa shape index (κ3) is 5.82. The summed E-state index contributed by atoms with van der Waals surface area (Å²) in [4.78, 5) is 12.0. The van der Waals surface area contributed by atoms with E-state index in [1.807, 2.05) is 45.0 Å². The Morgan fingerprint density at radius 3 is 2.40 bits per heavy atom. The van der Waals surface area contributed by atoms with Crippen molar-refractivity contribution in [3.63, 3.8) is 0 Å². The molecule has 0 atom stereocenters. The number of carbonyl (C=O) groups is 1. The fraction of sp³-hybridized carbons (Fsp3) is 0.381. The minimum atomic E-state index is -0.0421. The van der Waals surface area contributed by atoms with Crippen molar-refractivity contribution < 1.29 is 14.3 Å². The lowest BCUT2D eigenvalue weighted by Crippen LogP contribution is -2.09. The molecule has 0 saturated heterocycles. The molecule has 0 saturated carbocycles. The fourth-order valence-corrected chi connectivity index (χ4v) is 2.45. The Hall–Kier alpha value is -2.49. The molecule has 0 spiro atoms. The summed E-state index contributed by atoms with van der Waals surface area (Å²) in [5, 5.41) is 0. The maximum Gasteiger partial charge on any atom is 0.165 e. The van der Waals surface area contributed by atoms with Crippen LogP contribution in [0.1, 0.15) is 42.6 Å². The van der Waals surface area contributed by atoms with Crippen LogP contribution in [0.2, 0.25) is 0 Å². The van der Waals surface area contributed by atoms with Gasteiger partial charge in [-0.3, -0.25) is 4.79 Å². The zero-order chi connectivity index (χ0) is 18.2. The van der Waals surface area contributed by atoms with E-state index in [4.69, 9.17) is 15.2 Å². The molecule has 2 aromatic rings. The van der Waals surface area contributed by atoms with Gasteiger partial charge in [-0.2, -0.15) is 0 Å². The molecule has 0 radical (unpaired) electrons. The number of ketones is 1. The van der Waals surface area contributed by atoms with E-state index in [0.29, 0.717) is 30.2 Å². The second-order valence-corrected chi connectivity index (χ2v) is 6.49. The van der Waals surface area contributed by atoms with Gasteiger partial charge in [-0.05, 0) is 55.7 Å². The number of ether oxygens (including phenoxy) is 2. The minimum absolute atomic E-state index is 0.0421. The smallest absolute Gasteiger partial charge is 0.165 e. The van der Waals surface area contributed by atoms with Crippen LogP contribution >= 0.6 is 0 Å². The monoisotopic (exact) mass is 341 g/mol. The SMILES string of the molecule is Cc1cccc(OCCCCOc2ccc(C(=O)C(C)C)cc2N)c1. The molecule has 134 valence electrons. The van der Waals surface area contributed by atoms with E-state index < -0.39 is 0 Å². The molecule has 0 bridgehead atoms. The van der Waals surface area contributed by atoms with Crippen molar-refractivity contribution in [2.45, 2.75) is 33.6 Å². The summed E-state index contributed by atoms with van der Waals surface area (Å²) in [5.74, 6) is 1.57. The number of aryl methyl sites for hydroxylation is 1. The van der Waals surface area contributed by atoms with Gasteiger partial charge in [0.25, 0.3) is 0 Å². The number of rotatable bonds is 9. The first-order valence-corrected chi connectivity index (χ1v) is 8.73. The molecule has 2 aromatic carbocycles. The maximum atomic E-state index is 12.0. The zero-order valence-corrected chi connectivity index (χ0v) is 15.2. The summed E-state index contributed by atoms with van der Waals surface area (Å²) < 4.78 is 11.4. The number of carbonyl (C=O) groups excluding carboxylic acids is 1. The largest absolute Gasteiger partial charge is 0.494 e. The van der Waals surface area contributed by atoms with Crippen LogP contribution in [-0.4, -0.2) is 19.0 Å². The Morgan fingerprint density at radius 1 is 1.04 bits per heavy atom. The summed E-state index contributed by atoms with van der Waals surface area (Å²) in [5.41, 5.74) is 8.31. The van der Waals surface area contributed by atoms with Gasteiger partial charge < -0.3 is 15.2 Å². The predicted molar refractivity (Wildman–Crippen MR) is 101 cm³/mol. The van der Waals surface area contributed by atoms with E-state index in [-0.39, 0.29) is 11.7 Å². The fourth-order valence-electron chi connectivity index (χ4n) is 2.45. The number of Topliss-reactive ketones (excluding diaryl/α,β-unsaturated/α-hetero) is 1. The van der Waals surface area contributed by atoms with Gasteiger partial charge in [-0.1, -0.05) is 26.0 Å². The standard InChI is InChI=1S/C21H27NO3/c1-15(2)21(23)17-9-10-20(19(22)14-17)25-12-5-4-11-24-18-8-6-7-16(3)13-18/h6-10,13-15H,4-5,11-12,22H2,1-3H3. The molecule has 0 aliphatic carbocycles. The van der Waals surface area contributed by atoms with E-state index in [2.05, 4.69) is 0 Å². The summed E-state index contributed by atoms with van der Waals surface area (Å²) >= 11 is 0. The lowest BCUT2D eigenvalue weighted by molar-refractivity contribution is 0.0939. The normalized spacial score (nSPS) is 10.7. The first-order valence-electron chi connectivity index (χ1n) is 8.73.